The average Bonchev–Trinajstić information content (AvgIpc) is 3.45. The molecular formula is C22H28N6O15P2. The van der Waals surface area contributed by atoms with Crippen molar-refractivity contribution in [3.63, 3.8) is 0 Å². The summed E-state index contributed by atoms with van der Waals surface area (Å²) in [5, 5.41) is 34.8. The van der Waals surface area contributed by atoms with Crippen LogP contribution in [0, 0.1) is 15.5 Å². The number of ether oxygens (including phenoxy) is 2. The van der Waals surface area contributed by atoms with E-state index in [9.17, 15) is 43.9 Å². The van der Waals surface area contributed by atoms with Gasteiger partial charge in [0.05, 0.1) is 23.4 Å². The number of nitrogens with zero attached hydrogens (tertiary/aromatic N) is 4. The third-order valence-electron chi connectivity index (χ3n) is 6.30. The number of hydrogen-bond donors (Lipinski definition) is 7. The zero-order valence-electron chi connectivity index (χ0n) is 23.5. The van der Waals surface area contributed by atoms with Crippen LogP contribution >= 0.6 is 15.6 Å². The topological polar surface area (TPSA) is 308 Å². The van der Waals surface area contributed by atoms with E-state index in [1.807, 2.05) is 0 Å². The molecule has 1 fully saturated rings. The predicted octanol–water partition coefficient (Wildman–Crippen LogP) is 1.21. The number of nitro benzene ring substituents is 1. The monoisotopic (exact) mass is 678 g/mol. The van der Waals surface area contributed by atoms with Gasteiger partial charge in [0.25, 0.3) is 11.2 Å². The molecular weight excluding hydrogens is 650 g/mol. The van der Waals surface area contributed by atoms with E-state index in [2.05, 4.69) is 29.1 Å². The highest BCUT2D eigenvalue weighted by Gasteiger charge is 2.46. The van der Waals surface area contributed by atoms with Crippen LogP contribution in [0.1, 0.15) is 38.7 Å². The van der Waals surface area contributed by atoms with Gasteiger partial charge < -0.3 is 34.4 Å². The summed E-state index contributed by atoms with van der Waals surface area (Å²) in [6.45, 7) is 4.10. The number of rotatable bonds is 10. The Morgan fingerprint density at radius 1 is 1.22 bits per heavy atom. The Morgan fingerprint density at radius 2 is 1.89 bits per heavy atom. The molecule has 0 saturated carbocycles. The van der Waals surface area contributed by atoms with E-state index in [0.29, 0.717) is 0 Å². The van der Waals surface area contributed by atoms with E-state index < -0.39 is 80.8 Å². The van der Waals surface area contributed by atoms with Gasteiger partial charge in [0.1, 0.15) is 24.4 Å². The van der Waals surface area contributed by atoms with Crippen LogP contribution < -0.4 is 10.9 Å². The minimum atomic E-state index is -5.42. The first-order valence-electron chi connectivity index (χ1n) is 12.7. The molecule has 7 N–H and O–H groups in total. The number of aromatic amines is 1. The predicted molar refractivity (Wildman–Crippen MR) is 148 cm³/mol. The molecule has 1 aliphatic rings. The van der Waals surface area contributed by atoms with Gasteiger partial charge in [-0.3, -0.25) is 34.3 Å². The van der Waals surface area contributed by atoms with Crippen molar-refractivity contribution in [2.75, 3.05) is 11.9 Å². The van der Waals surface area contributed by atoms with Crippen LogP contribution in [0.15, 0.2) is 35.4 Å². The van der Waals surface area contributed by atoms with Gasteiger partial charge in [-0.1, -0.05) is 32.9 Å². The molecule has 45 heavy (non-hydrogen) atoms. The Balaban J connectivity index is 1.56. The Labute approximate surface area is 251 Å². The molecule has 3 unspecified atom stereocenters. The number of benzene rings is 1. The van der Waals surface area contributed by atoms with Crippen LogP contribution in [-0.2, 0) is 27.4 Å². The summed E-state index contributed by atoms with van der Waals surface area (Å²) in [4.78, 5) is 73.8. The SMILES string of the molecule is CC(C)(C)C(OC(=O)Nc1nc2c(ncn2[C@@H]2O[C@H](COP(=O)(O)OP(=O)(O)O)C(O)[C@@H]2O)c(=O)[nH]1)c1ccccc1[N+](=O)[O-]. The number of anilines is 1. The molecule has 3 aromatic rings. The van der Waals surface area contributed by atoms with Crippen molar-refractivity contribution in [1.29, 1.82) is 0 Å². The van der Waals surface area contributed by atoms with Gasteiger partial charge in [-0.25, -0.2) is 18.9 Å². The van der Waals surface area contributed by atoms with Gasteiger partial charge in [0.2, 0.25) is 5.95 Å². The van der Waals surface area contributed by atoms with Gasteiger partial charge in [0.15, 0.2) is 17.4 Å². The van der Waals surface area contributed by atoms with Gasteiger partial charge >= 0.3 is 21.7 Å². The number of imidazole rings is 1. The van der Waals surface area contributed by atoms with Crippen molar-refractivity contribution in [2.45, 2.75) is 51.4 Å². The summed E-state index contributed by atoms with van der Waals surface area (Å²) >= 11 is 0. The number of amides is 1. The summed E-state index contributed by atoms with van der Waals surface area (Å²) in [5.74, 6) is -0.460. The molecule has 0 aliphatic carbocycles. The second kappa shape index (κ2) is 12.6. The molecule has 0 spiro atoms. The molecule has 6 atom stereocenters. The van der Waals surface area contributed by atoms with Gasteiger partial charge in [-0.15, -0.1) is 0 Å². The quantitative estimate of drug-likeness (QED) is 0.0900. The number of nitro groups is 1. The number of fused-ring (bicyclic) bond motifs is 1. The lowest BCUT2D eigenvalue weighted by molar-refractivity contribution is -0.386. The first-order chi connectivity index (χ1) is 20.8. The number of carbonyl (C=O) groups is 1. The van der Waals surface area contributed by atoms with E-state index in [4.69, 9.17) is 19.3 Å². The van der Waals surface area contributed by atoms with Crippen molar-refractivity contribution in [3.05, 3.63) is 56.6 Å². The Kier molecular flexibility index (Phi) is 9.62. The van der Waals surface area contributed by atoms with Gasteiger partial charge in [-0.05, 0) is 6.07 Å². The number of phosphoric ester groups is 1. The highest BCUT2D eigenvalue weighted by Crippen LogP contribution is 2.57. The second-order valence-electron chi connectivity index (χ2n) is 10.7. The van der Waals surface area contributed by atoms with Gasteiger partial charge in [-0.2, -0.15) is 9.29 Å². The molecule has 1 aromatic carbocycles. The van der Waals surface area contributed by atoms with E-state index in [1.54, 1.807) is 26.8 Å². The fourth-order valence-electron chi connectivity index (χ4n) is 4.41. The summed E-state index contributed by atoms with van der Waals surface area (Å²) < 4.78 is 42.8. The highest BCUT2D eigenvalue weighted by atomic mass is 31.3. The number of aliphatic hydroxyl groups excluding tert-OH is 2. The number of phosphoric acid groups is 2. The standard InChI is InChI=1S/C22H28N6O15P2/c1-22(2,3)16(10-6-4-5-7-11(10)28(33)34)42-21(32)26-20-24-17-13(18(31)25-20)23-9-27(17)19-15(30)14(29)12(41-19)8-40-45(38,39)43-44(35,36)37/h4-7,9,12,14-16,19,29-30H,8H2,1-3H3,(H,38,39)(H2,35,36,37)(H2,24,25,26,31,32)/t12-,14?,15+,16?,19-/m1/s1. The normalized spacial score (nSPS) is 22.6. The van der Waals surface area contributed by atoms with Crippen LogP contribution in [0.4, 0.5) is 16.4 Å². The maximum Gasteiger partial charge on any atom is 0.481 e. The zero-order valence-corrected chi connectivity index (χ0v) is 25.3. The lowest BCUT2D eigenvalue weighted by Gasteiger charge is -2.30. The third kappa shape index (κ3) is 7.97. The van der Waals surface area contributed by atoms with Crippen LogP contribution in [0.3, 0.4) is 0 Å². The first-order valence-corrected chi connectivity index (χ1v) is 15.7. The second-order valence-corrected chi connectivity index (χ2v) is 13.5. The number of nitrogens with one attached hydrogen (secondary N) is 2. The van der Waals surface area contributed by atoms with Crippen LogP contribution in [-0.4, -0.2) is 80.3 Å². The summed E-state index contributed by atoms with van der Waals surface area (Å²) in [7, 11) is -10.7. The van der Waals surface area contributed by atoms with E-state index >= 15 is 0 Å². The van der Waals surface area contributed by atoms with E-state index in [0.717, 1.165) is 10.9 Å². The van der Waals surface area contributed by atoms with Crippen molar-refractivity contribution >= 4 is 44.5 Å². The fourth-order valence-corrected chi connectivity index (χ4v) is 6.01. The zero-order chi connectivity index (χ0) is 33.5. The Morgan fingerprint density at radius 3 is 2.51 bits per heavy atom. The maximum absolute atomic E-state index is 12.9. The maximum atomic E-state index is 12.9. The van der Waals surface area contributed by atoms with Crippen LogP contribution in [0.25, 0.3) is 11.2 Å². The fraction of sp³-hybridized carbons (Fsp3) is 0.455. The smallest absolute Gasteiger partial charge is 0.440 e. The third-order valence-corrected chi connectivity index (χ3v) is 8.45. The lowest BCUT2D eigenvalue weighted by Crippen LogP contribution is -2.33. The van der Waals surface area contributed by atoms with Gasteiger partial charge in [0, 0.05) is 11.5 Å². The molecule has 1 aliphatic heterocycles. The number of aromatic nitrogens is 4. The number of hydrogen-bond acceptors (Lipinski definition) is 14. The molecule has 21 nitrogen and oxygen atoms in total. The van der Waals surface area contributed by atoms with Crippen molar-refractivity contribution < 1.29 is 62.0 Å². The first kappa shape index (κ1) is 34.3. The van der Waals surface area contributed by atoms with E-state index in [-0.39, 0.29) is 22.4 Å². The number of para-hydroxylation sites is 1. The summed E-state index contributed by atoms with van der Waals surface area (Å²) in [6.07, 6.45) is -7.88. The molecule has 3 heterocycles. The van der Waals surface area contributed by atoms with Crippen LogP contribution in [0.2, 0.25) is 0 Å². The van der Waals surface area contributed by atoms with E-state index in [1.165, 1.54) is 18.2 Å². The molecule has 2 aromatic heterocycles. The largest absolute Gasteiger partial charge is 0.481 e. The van der Waals surface area contributed by atoms with Crippen molar-refractivity contribution in [1.82, 2.24) is 19.5 Å². The molecule has 1 amide bonds. The average molecular weight is 678 g/mol. The molecule has 4 rings (SSSR count). The number of H-pyrrole nitrogens is 1. The highest BCUT2D eigenvalue weighted by molar-refractivity contribution is 7.60. The number of aliphatic hydroxyl groups is 2. The Hall–Kier alpha value is -3.62. The molecule has 23 heteroatoms. The Bertz CT molecular complexity index is 1750. The molecule has 0 radical (unpaired) electrons. The molecule has 1 saturated heterocycles. The summed E-state index contributed by atoms with van der Waals surface area (Å²) in [5.41, 5.74) is -2.40. The summed E-state index contributed by atoms with van der Waals surface area (Å²) in [6, 6.07) is 5.70. The van der Waals surface area contributed by atoms with Crippen molar-refractivity contribution in [3.8, 4) is 0 Å². The molecule has 246 valence electrons. The van der Waals surface area contributed by atoms with Crippen LogP contribution in [0.5, 0.6) is 0 Å². The number of carbonyl (C=O) groups excluding carboxylic acids is 1. The van der Waals surface area contributed by atoms with Crippen molar-refractivity contribution in [2.24, 2.45) is 5.41 Å². The molecule has 0 bridgehead atoms. The minimum Gasteiger partial charge on any atom is -0.440 e. The lowest BCUT2D eigenvalue weighted by atomic mass is 9.84. The minimum absolute atomic E-state index is 0.121.